The number of aromatic nitrogens is 1. The van der Waals surface area contributed by atoms with E-state index in [-0.39, 0.29) is 11.4 Å². The van der Waals surface area contributed by atoms with Crippen molar-refractivity contribution in [2.24, 2.45) is 0 Å². The molecule has 1 aromatic heterocycles. The summed E-state index contributed by atoms with van der Waals surface area (Å²) in [5.41, 5.74) is 7.58. The molecule has 2 aromatic rings. The zero-order valence-corrected chi connectivity index (χ0v) is 11.2. The maximum atomic E-state index is 11.7. The number of halogens is 1. The predicted octanol–water partition coefficient (Wildman–Crippen LogP) is 2.57. The van der Waals surface area contributed by atoms with Crippen molar-refractivity contribution >= 4 is 21.7 Å². The molecule has 3 N–H and O–H groups in total. The third kappa shape index (κ3) is 2.15. The van der Waals surface area contributed by atoms with E-state index < -0.39 is 5.56 Å². The quantitative estimate of drug-likeness (QED) is 0.849. The predicted molar refractivity (Wildman–Crippen MR) is 74.1 cm³/mol. The summed E-state index contributed by atoms with van der Waals surface area (Å²) in [6, 6.07) is 9.21. The summed E-state index contributed by atoms with van der Waals surface area (Å²) in [6.45, 7) is 1.92. The molecule has 18 heavy (non-hydrogen) atoms. The van der Waals surface area contributed by atoms with Gasteiger partial charge in [0, 0.05) is 10.0 Å². The Balaban J connectivity index is 2.83. The molecule has 0 saturated carbocycles. The van der Waals surface area contributed by atoms with Gasteiger partial charge in [0.25, 0.3) is 5.56 Å². The number of nitrogens with zero attached hydrogens (tertiary/aromatic N) is 1. The largest absolute Gasteiger partial charge is 0.385 e. The molecule has 0 aliphatic heterocycles. The fraction of sp³-hybridized carbons (Fsp3) is 0.0769. The van der Waals surface area contributed by atoms with Crippen molar-refractivity contribution in [2.75, 3.05) is 5.73 Å². The standard InChI is InChI=1S/C13H10BrN3O/c1-7-2-3-8(14)4-9(7)10-5-12(16)17-13(18)11(10)6-15/h2-5H,1H3,(H3,16,17,18). The molecule has 0 aliphatic carbocycles. The second-order valence-corrected chi connectivity index (χ2v) is 4.83. The average molecular weight is 304 g/mol. The molecule has 0 spiro atoms. The van der Waals surface area contributed by atoms with E-state index in [0.29, 0.717) is 5.56 Å². The van der Waals surface area contributed by atoms with Gasteiger partial charge < -0.3 is 10.7 Å². The molecule has 0 amide bonds. The van der Waals surface area contributed by atoms with E-state index in [4.69, 9.17) is 11.0 Å². The van der Waals surface area contributed by atoms with Crippen LogP contribution in [0.2, 0.25) is 0 Å². The van der Waals surface area contributed by atoms with Crippen LogP contribution >= 0.6 is 15.9 Å². The maximum absolute atomic E-state index is 11.7. The van der Waals surface area contributed by atoms with Gasteiger partial charge in [0.15, 0.2) is 0 Å². The lowest BCUT2D eigenvalue weighted by molar-refractivity contribution is 1.22. The first kappa shape index (κ1) is 12.4. The van der Waals surface area contributed by atoms with Crippen molar-refractivity contribution in [2.45, 2.75) is 6.92 Å². The number of hydrogen-bond donors (Lipinski definition) is 2. The van der Waals surface area contributed by atoms with E-state index in [0.717, 1.165) is 15.6 Å². The van der Waals surface area contributed by atoms with Gasteiger partial charge in [0.2, 0.25) is 0 Å². The Morgan fingerprint density at radius 2 is 2.06 bits per heavy atom. The minimum absolute atomic E-state index is 0.0744. The SMILES string of the molecule is Cc1ccc(Br)cc1-c1cc(N)[nH]c(=O)c1C#N. The van der Waals surface area contributed by atoms with Crippen molar-refractivity contribution in [3.63, 3.8) is 0 Å². The summed E-state index contributed by atoms with van der Waals surface area (Å²) in [5.74, 6) is 0.244. The summed E-state index contributed by atoms with van der Waals surface area (Å²) in [5, 5.41) is 9.09. The first-order valence-electron chi connectivity index (χ1n) is 5.22. The topological polar surface area (TPSA) is 82.7 Å². The Morgan fingerprint density at radius 3 is 2.72 bits per heavy atom. The highest BCUT2D eigenvalue weighted by Crippen LogP contribution is 2.28. The molecule has 5 heteroatoms. The van der Waals surface area contributed by atoms with Crippen LogP contribution in [0, 0.1) is 18.3 Å². The highest BCUT2D eigenvalue weighted by molar-refractivity contribution is 9.10. The molecule has 0 bridgehead atoms. The van der Waals surface area contributed by atoms with Crippen LogP contribution in [0.25, 0.3) is 11.1 Å². The molecule has 1 heterocycles. The van der Waals surface area contributed by atoms with Gasteiger partial charge >= 0.3 is 0 Å². The number of H-pyrrole nitrogens is 1. The highest BCUT2D eigenvalue weighted by Gasteiger charge is 2.12. The lowest BCUT2D eigenvalue weighted by atomic mass is 9.98. The number of nitriles is 1. The van der Waals surface area contributed by atoms with Gasteiger partial charge in [-0.1, -0.05) is 22.0 Å². The third-order valence-corrected chi connectivity index (χ3v) is 3.15. The molecular formula is C13H10BrN3O. The highest BCUT2D eigenvalue weighted by atomic mass is 79.9. The van der Waals surface area contributed by atoms with Crippen LogP contribution in [-0.4, -0.2) is 4.98 Å². The first-order chi connectivity index (χ1) is 8.52. The molecule has 0 atom stereocenters. The number of nitrogens with one attached hydrogen (secondary N) is 1. The zero-order chi connectivity index (χ0) is 13.3. The van der Waals surface area contributed by atoms with E-state index in [1.54, 1.807) is 6.07 Å². The molecule has 0 saturated heterocycles. The Bertz CT molecular complexity index is 713. The monoisotopic (exact) mass is 303 g/mol. The van der Waals surface area contributed by atoms with Gasteiger partial charge in [-0.25, -0.2) is 0 Å². The smallest absolute Gasteiger partial charge is 0.268 e. The van der Waals surface area contributed by atoms with Gasteiger partial charge in [0.05, 0.1) is 0 Å². The number of hydrogen-bond acceptors (Lipinski definition) is 3. The molecule has 1 aromatic carbocycles. The minimum atomic E-state index is -0.466. The Kier molecular flexibility index (Phi) is 3.21. The number of benzene rings is 1. The summed E-state index contributed by atoms with van der Waals surface area (Å²) < 4.78 is 0.880. The van der Waals surface area contributed by atoms with E-state index >= 15 is 0 Å². The van der Waals surface area contributed by atoms with Crippen LogP contribution in [0.4, 0.5) is 5.82 Å². The van der Waals surface area contributed by atoms with Crippen LogP contribution in [0.1, 0.15) is 11.1 Å². The van der Waals surface area contributed by atoms with E-state index in [1.165, 1.54) is 0 Å². The minimum Gasteiger partial charge on any atom is -0.385 e. The maximum Gasteiger partial charge on any atom is 0.268 e. The number of rotatable bonds is 1. The molecule has 0 fully saturated rings. The lowest BCUT2D eigenvalue weighted by Gasteiger charge is -2.09. The molecule has 2 rings (SSSR count). The molecule has 0 unspecified atom stereocenters. The first-order valence-corrected chi connectivity index (χ1v) is 6.01. The molecular weight excluding hydrogens is 294 g/mol. The second-order valence-electron chi connectivity index (χ2n) is 3.91. The van der Waals surface area contributed by atoms with Crippen LogP contribution < -0.4 is 11.3 Å². The van der Waals surface area contributed by atoms with Crippen LogP contribution in [0.15, 0.2) is 33.5 Å². The van der Waals surface area contributed by atoms with Crippen LogP contribution in [0.3, 0.4) is 0 Å². The van der Waals surface area contributed by atoms with E-state index in [1.807, 2.05) is 31.2 Å². The fourth-order valence-electron chi connectivity index (χ4n) is 1.79. The van der Waals surface area contributed by atoms with Gasteiger partial charge in [-0.15, -0.1) is 0 Å². The summed E-state index contributed by atoms with van der Waals surface area (Å²) in [6.07, 6.45) is 0. The molecule has 0 aliphatic rings. The number of aryl methyl sites for hydroxylation is 1. The number of aromatic amines is 1. The van der Waals surface area contributed by atoms with Crippen molar-refractivity contribution in [1.82, 2.24) is 4.98 Å². The van der Waals surface area contributed by atoms with Crippen molar-refractivity contribution in [3.8, 4) is 17.2 Å². The van der Waals surface area contributed by atoms with Crippen molar-refractivity contribution in [3.05, 3.63) is 50.2 Å². The Hall–Kier alpha value is -2.06. The molecule has 90 valence electrons. The van der Waals surface area contributed by atoms with Gasteiger partial charge in [-0.3, -0.25) is 4.79 Å². The number of pyridine rings is 1. The lowest BCUT2D eigenvalue weighted by Crippen LogP contribution is -2.13. The number of anilines is 1. The van der Waals surface area contributed by atoms with Crippen LogP contribution in [0.5, 0.6) is 0 Å². The van der Waals surface area contributed by atoms with E-state index in [2.05, 4.69) is 20.9 Å². The number of nitrogens with two attached hydrogens (primary N) is 1. The number of nitrogen functional groups attached to an aromatic ring is 1. The normalized spacial score (nSPS) is 10.1. The van der Waals surface area contributed by atoms with Crippen molar-refractivity contribution < 1.29 is 0 Å². The average Bonchev–Trinajstić information content (AvgIpc) is 2.31. The second kappa shape index (κ2) is 4.67. The van der Waals surface area contributed by atoms with Crippen LogP contribution in [-0.2, 0) is 0 Å². The van der Waals surface area contributed by atoms with E-state index in [9.17, 15) is 4.79 Å². The summed E-state index contributed by atoms with van der Waals surface area (Å²) in [7, 11) is 0. The van der Waals surface area contributed by atoms with Gasteiger partial charge in [-0.2, -0.15) is 5.26 Å². The Labute approximate surface area is 112 Å². The molecule has 0 radical (unpaired) electrons. The fourth-order valence-corrected chi connectivity index (χ4v) is 2.15. The third-order valence-electron chi connectivity index (χ3n) is 2.66. The Morgan fingerprint density at radius 1 is 1.33 bits per heavy atom. The summed E-state index contributed by atoms with van der Waals surface area (Å²) in [4.78, 5) is 14.1. The molecule has 4 nitrogen and oxygen atoms in total. The van der Waals surface area contributed by atoms with Gasteiger partial charge in [-0.05, 0) is 36.2 Å². The zero-order valence-electron chi connectivity index (χ0n) is 9.62. The van der Waals surface area contributed by atoms with Gasteiger partial charge in [0.1, 0.15) is 17.5 Å². The summed E-state index contributed by atoms with van der Waals surface area (Å²) >= 11 is 3.38. The van der Waals surface area contributed by atoms with Crippen molar-refractivity contribution in [1.29, 1.82) is 5.26 Å².